The predicted octanol–water partition coefficient (Wildman–Crippen LogP) is 3.24. The molecule has 0 bridgehead atoms. The van der Waals surface area contributed by atoms with Crippen LogP contribution in [0.1, 0.15) is 25.3 Å². The van der Waals surface area contributed by atoms with E-state index in [9.17, 15) is 5.11 Å². The van der Waals surface area contributed by atoms with E-state index in [1.807, 2.05) is 24.3 Å². The van der Waals surface area contributed by atoms with Crippen LogP contribution in [0.4, 0.5) is 11.8 Å². The summed E-state index contributed by atoms with van der Waals surface area (Å²) in [7, 11) is 4.82. The van der Waals surface area contributed by atoms with Gasteiger partial charge >= 0.3 is 0 Å². The number of ether oxygens (including phenoxy) is 3. The molecule has 3 aromatic rings. The fourth-order valence-electron chi connectivity index (χ4n) is 3.21. The number of fused-ring (bicyclic) bond motifs is 1. The first-order valence-corrected chi connectivity index (χ1v) is 10.2. The summed E-state index contributed by atoms with van der Waals surface area (Å²) in [6, 6.07) is 7.32. The lowest BCUT2D eigenvalue weighted by atomic mass is 10.2. The van der Waals surface area contributed by atoms with Gasteiger partial charge in [0.15, 0.2) is 5.82 Å². The minimum absolute atomic E-state index is 0.00129. The number of benzene rings is 1. The van der Waals surface area contributed by atoms with Gasteiger partial charge in [-0.3, -0.25) is 0 Å². The van der Waals surface area contributed by atoms with Crippen LogP contribution in [-0.2, 0) is 6.54 Å². The Kier molecular flexibility index (Phi) is 7.66. The van der Waals surface area contributed by atoms with Crippen LogP contribution in [0, 0.1) is 0 Å². The zero-order chi connectivity index (χ0) is 22.2. The summed E-state index contributed by atoms with van der Waals surface area (Å²) in [5.74, 6) is 3.02. The van der Waals surface area contributed by atoms with E-state index in [-0.39, 0.29) is 12.6 Å². The summed E-state index contributed by atoms with van der Waals surface area (Å²) in [4.78, 5) is 13.7. The maximum absolute atomic E-state index is 9.71. The van der Waals surface area contributed by atoms with Crippen molar-refractivity contribution in [2.45, 2.75) is 32.4 Å². The molecule has 0 radical (unpaired) electrons. The van der Waals surface area contributed by atoms with Crippen LogP contribution < -0.4 is 24.8 Å². The molecule has 2 heterocycles. The summed E-state index contributed by atoms with van der Waals surface area (Å²) in [5, 5.41) is 16.3. The Morgan fingerprint density at radius 3 is 2.52 bits per heavy atom. The van der Waals surface area contributed by atoms with Gasteiger partial charge in [0.25, 0.3) is 0 Å². The topological polar surface area (TPSA) is 111 Å². The van der Waals surface area contributed by atoms with Crippen molar-refractivity contribution in [3.8, 4) is 17.2 Å². The molecule has 0 unspecified atom stereocenters. The molecule has 2 aromatic heterocycles. The van der Waals surface area contributed by atoms with Crippen molar-refractivity contribution in [2.24, 2.45) is 0 Å². The second kappa shape index (κ2) is 10.6. The molecular weight excluding hydrogens is 398 g/mol. The van der Waals surface area contributed by atoms with Gasteiger partial charge in [-0.05, 0) is 18.6 Å². The number of hydrogen-bond donors (Lipinski definition) is 3. The summed E-state index contributed by atoms with van der Waals surface area (Å²) >= 11 is 0. The molecule has 0 amide bonds. The van der Waals surface area contributed by atoms with Crippen molar-refractivity contribution < 1.29 is 19.3 Å². The van der Waals surface area contributed by atoms with Crippen LogP contribution in [-0.4, -0.2) is 54.0 Å². The Morgan fingerprint density at radius 1 is 1.03 bits per heavy atom. The molecule has 0 fully saturated rings. The van der Waals surface area contributed by atoms with Crippen molar-refractivity contribution >= 4 is 22.8 Å². The highest BCUT2D eigenvalue weighted by molar-refractivity contribution is 5.87. The summed E-state index contributed by atoms with van der Waals surface area (Å²) in [5.41, 5.74) is 2.18. The molecule has 31 heavy (non-hydrogen) atoms. The Labute approximate surface area is 181 Å². The molecule has 0 saturated heterocycles. The number of nitrogens with one attached hydrogen (secondary N) is 2. The highest BCUT2D eigenvalue weighted by Crippen LogP contribution is 2.27. The van der Waals surface area contributed by atoms with Crippen molar-refractivity contribution in [1.82, 2.24) is 15.0 Å². The van der Waals surface area contributed by atoms with E-state index >= 15 is 0 Å². The molecular formula is C22H29N5O4. The van der Waals surface area contributed by atoms with Gasteiger partial charge in [-0.1, -0.05) is 13.3 Å². The second-order valence-corrected chi connectivity index (χ2v) is 6.98. The molecule has 166 valence electrons. The number of methoxy groups -OCH3 is 3. The number of pyridine rings is 1. The first-order chi connectivity index (χ1) is 15.1. The van der Waals surface area contributed by atoms with Crippen LogP contribution in [0.25, 0.3) is 11.0 Å². The first-order valence-electron chi connectivity index (χ1n) is 10.2. The van der Waals surface area contributed by atoms with Gasteiger partial charge in [0.2, 0.25) is 5.95 Å². The Balaban J connectivity index is 1.92. The van der Waals surface area contributed by atoms with Gasteiger partial charge in [0, 0.05) is 24.2 Å². The first kappa shape index (κ1) is 22.4. The lowest BCUT2D eigenvalue weighted by molar-refractivity contribution is 0.268. The van der Waals surface area contributed by atoms with Crippen LogP contribution in [0.2, 0.25) is 0 Å². The van der Waals surface area contributed by atoms with E-state index in [0.717, 1.165) is 24.2 Å². The Hall–Kier alpha value is -3.33. The smallest absolute Gasteiger partial charge is 0.225 e. The van der Waals surface area contributed by atoms with Gasteiger partial charge in [-0.2, -0.15) is 4.98 Å². The van der Waals surface area contributed by atoms with E-state index < -0.39 is 0 Å². The molecule has 3 rings (SSSR count). The normalized spacial score (nSPS) is 11.8. The largest absolute Gasteiger partial charge is 0.497 e. The van der Waals surface area contributed by atoms with E-state index in [1.54, 1.807) is 27.5 Å². The van der Waals surface area contributed by atoms with E-state index in [0.29, 0.717) is 40.8 Å². The Bertz CT molecular complexity index is 1010. The van der Waals surface area contributed by atoms with E-state index in [1.165, 1.54) is 0 Å². The van der Waals surface area contributed by atoms with Gasteiger partial charge in [0.1, 0.15) is 28.3 Å². The number of rotatable bonds is 11. The van der Waals surface area contributed by atoms with Crippen molar-refractivity contribution in [3.05, 3.63) is 36.0 Å². The molecule has 0 saturated carbocycles. The van der Waals surface area contributed by atoms with Crippen LogP contribution >= 0.6 is 0 Å². The zero-order valence-corrected chi connectivity index (χ0v) is 18.3. The molecule has 3 N–H and O–H groups in total. The van der Waals surface area contributed by atoms with Gasteiger partial charge in [-0.25, -0.2) is 9.97 Å². The van der Waals surface area contributed by atoms with Crippen molar-refractivity contribution in [3.63, 3.8) is 0 Å². The summed E-state index contributed by atoms with van der Waals surface area (Å²) < 4.78 is 16.0. The number of hydrogen-bond acceptors (Lipinski definition) is 9. The summed E-state index contributed by atoms with van der Waals surface area (Å²) in [6.45, 7) is 2.52. The van der Waals surface area contributed by atoms with Gasteiger partial charge in [-0.15, -0.1) is 0 Å². The number of aliphatic hydroxyl groups excluding tert-OH is 1. The fourth-order valence-corrected chi connectivity index (χ4v) is 3.21. The fraction of sp³-hybridized carbons (Fsp3) is 0.409. The molecule has 0 aliphatic heterocycles. The second-order valence-electron chi connectivity index (χ2n) is 6.98. The van der Waals surface area contributed by atoms with Crippen LogP contribution in [0.3, 0.4) is 0 Å². The van der Waals surface area contributed by atoms with Crippen LogP contribution in [0.15, 0.2) is 30.5 Å². The molecule has 1 aromatic carbocycles. The van der Waals surface area contributed by atoms with E-state index in [4.69, 9.17) is 14.2 Å². The molecule has 0 aliphatic carbocycles. The Morgan fingerprint density at radius 2 is 1.84 bits per heavy atom. The highest BCUT2D eigenvalue weighted by atomic mass is 16.5. The lowest BCUT2D eigenvalue weighted by Crippen LogP contribution is -2.24. The SMILES string of the molecule is CCC[C@@H](CO)Nc1nc(NCc2ccc(OC)cc2OC)nc2cc(OC)cnc12. The third-order valence-corrected chi connectivity index (χ3v) is 4.88. The van der Waals surface area contributed by atoms with E-state index in [2.05, 4.69) is 32.5 Å². The van der Waals surface area contributed by atoms with Crippen molar-refractivity contribution in [1.29, 1.82) is 0 Å². The quantitative estimate of drug-likeness (QED) is 0.425. The minimum Gasteiger partial charge on any atom is -0.497 e. The minimum atomic E-state index is -0.124. The molecule has 9 heteroatoms. The number of aromatic nitrogens is 3. The summed E-state index contributed by atoms with van der Waals surface area (Å²) in [6.07, 6.45) is 3.37. The predicted molar refractivity (Wildman–Crippen MR) is 120 cm³/mol. The molecule has 1 atom stereocenters. The molecule has 9 nitrogen and oxygen atoms in total. The van der Waals surface area contributed by atoms with Gasteiger partial charge in [0.05, 0.1) is 40.2 Å². The lowest BCUT2D eigenvalue weighted by Gasteiger charge is -2.18. The maximum atomic E-state index is 9.71. The van der Waals surface area contributed by atoms with Gasteiger partial charge < -0.3 is 30.0 Å². The zero-order valence-electron chi connectivity index (χ0n) is 18.3. The van der Waals surface area contributed by atoms with Crippen molar-refractivity contribution in [2.75, 3.05) is 38.6 Å². The molecule has 0 aliphatic rings. The monoisotopic (exact) mass is 427 g/mol. The molecule has 0 spiro atoms. The standard InChI is InChI=1S/C22H29N5O4/c1-5-6-15(13-28)25-21-20-18(9-17(30-3)12-23-20)26-22(27-21)24-11-14-7-8-16(29-2)10-19(14)31-4/h7-10,12,15,28H,5-6,11,13H2,1-4H3,(H2,24,25,26,27)/t15-/m0/s1. The maximum Gasteiger partial charge on any atom is 0.225 e. The average molecular weight is 428 g/mol. The number of aliphatic hydroxyl groups is 1. The van der Waals surface area contributed by atoms with Crippen LogP contribution in [0.5, 0.6) is 17.2 Å². The third-order valence-electron chi connectivity index (χ3n) is 4.88. The average Bonchev–Trinajstić information content (AvgIpc) is 2.81. The third kappa shape index (κ3) is 5.43. The highest BCUT2D eigenvalue weighted by Gasteiger charge is 2.15. The number of nitrogens with zero attached hydrogens (tertiary/aromatic N) is 3. The number of anilines is 2.